The third-order valence-corrected chi connectivity index (χ3v) is 3.95. The highest BCUT2D eigenvalue weighted by Gasteiger charge is 2.12. The fourth-order valence-corrected chi connectivity index (χ4v) is 2.00. The molecule has 96 valence electrons. The van der Waals surface area contributed by atoms with Crippen molar-refractivity contribution in [2.45, 2.75) is 33.2 Å². The highest BCUT2D eigenvalue weighted by Crippen LogP contribution is 2.25. The van der Waals surface area contributed by atoms with Gasteiger partial charge in [-0.1, -0.05) is 35.0 Å². The van der Waals surface area contributed by atoms with Crippen LogP contribution in [-0.4, -0.2) is 13.2 Å². The van der Waals surface area contributed by atoms with Gasteiger partial charge < -0.3 is 4.74 Å². The van der Waals surface area contributed by atoms with E-state index in [1.54, 1.807) is 0 Å². The van der Waals surface area contributed by atoms with E-state index in [-0.39, 0.29) is 6.04 Å². The molecule has 3 N–H and O–H groups in total. The van der Waals surface area contributed by atoms with Crippen molar-refractivity contribution in [3.05, 3.63) is 33.3 Å². The largest absolute Gasteiger partial charge is 0.379 e. The van der Waals surface area contributed by atoms with Crippen molar-refractivity contribution < 1.29 is 4.74 Å². The molecule has 0 spiro atoms. The molecular formula is C13H21BrN2O. The van der Waals surface area contributed by atoms with Crippen LogP contribution in [0.15, 0.2) is 16.6 Å². The first-order valence-electron chi connectivity index (χ1n) is 5.90. The van der Waals surface area contributed by atoms with Crippen LogP contribution in [0.2, 0.25) is 0 Å². The number of nitrogens with one attached hydrogen (secondary N) is 1. The maximum Gasteiger partial charge on any atom is 0.0694 e. The van der Waals surface area contributed by atoms with Gasteiger partial charge in [-0.25, -0.2) is 0 Å². The van der Waals surface area contributed by atoms with Crippen molar-refractivity contribution in [3.8, 4) is 0 Å². The number of benzene rings is 1. The number of halogens is 1. The average molecular weight is 301 g/mol. The predicted molar refractivity (Wildman–Crippen MR) is 74.8 cm³/mol. The molecule has 1 aromatic rings. The van der Waals surface area contributed by atoms with Crippen molar-refractivity contribution >= 4 is 15.9 Å². The number of ether oxygens (including phenoxy) is 1. The van der Waals surface area contributed by atoms with E-state index in [0.29, 0.717) is 6.61 Å². The lowest BCUT2D eigenvalue weighted by Crippen LogP contribution is -2.31. The summed E-state index contributed by atoms with van der Waals surface area (Å²) in [6, 6.07) is 4.32. The predicted octanol–water partition coefficient (Wildman–Crippen LogP) is 3.00. The lowest BCUT2D eigenvalue weighted by Gasteiger charge is -2.18. The zero-order valence-corrected chi connectivity index (χ0v) is 12.3. The molecule has 3 nitrogen and oxygen atoms in total. The van der Waals surface area contributed by atoms with E-state index in [2.05, 4.69) is 54.3 Å². The minimum Gasteiger partial charge on any atom is -0.379 e. The molecule has 1 rings (SSSR count). The quantitative estimate of drug-likeness (QED) is 0.482. The molecule has 0 aliphatic carbocycles. The number of aryl methyl sites for hydroxylation is 2. The molecule has 0 aromatic heterocycles. The van der Waals surface area contributed by atoms with Gasteiger partial charge in [-0.2, -0.15) is 0 Å². The van der Waals surface area contributed by atoms with Crippen LogP contribution in [0.1, 0.15) is 36.1 Å². The molecule has 0 aliphatic rings. The molecule has 1 unspecified atom stereocenters. The fourth-order valence-electron chi connectivity index (χ4n) is 1.77. The topological polar surface area (TPSA) is 47.3 Å². The number of hydrazine groups is 1. The van der Waals surface area contributed by atoms with Crippen LogP contribution in [0.5, 0.6) is 0 Å². The first-order valence-corrected chi connectivity index (χ1v) is 6.70. The number of nitrogens with two attached hydrogens (primary N) is 1. The smallest absolute Gasteiger partial charge is 0.0694 e. The lowest BCUT2D eigenvalue weighted by atomic mass is 10.0. The van der Waals surface area contributed by atoms with Crippen LogP contribution in [-0.2, 0) is 4.74 Å². The van der Waals surface area contributed by atoms with E-state index in [0.717, 1.165) is 17.5 Å². The Morgan fingerprint density at radius 3 is 2.41 bits per heavy atom. The van der Waals surface area contributed by atoms with E-state index in [1.165, 1.54) is 16.7 Å². The molecule has 0 radical (unpaired) electrons. The summed E-state index contributed by atoms with van der Waals surface area (Å²) in [5, 5.41) is 0. The van der Waals surface area contributed by atoms with Crippen molar-refractivity contribution in [2.75, 3.05) is 13.2 Å². The minimum absolute atomic E-state index is 0.0482. The first kappa shape index (κ1) is 14.6. The van der Waals surface area contributed by atoms with Crippen molar-refractivity contribution in [2.24, 2.45) is 5.84 Å². The van der Waals surface area contributed by atoms with Crippen molar-refractivity contribution in [1.82, 2.24) is 5.43 Å². The van der Waals surface area contributed by atoms with Crippen molar-refractivity contribution in [1.29, 1.82) is 0 Å². The van der Waals surface area contributed by atoms with Gasteiger partial charge in [-0.15, -0.1) is 0 Å². The summed E-state index contributed by atoms with van der Waals surface area (Å²) in [6.07, 6.45) is 1.02. The maximum atomic E-state index is 5.58. The zero-order chi connectivity index (χ0) is 12.8. The zero-order valence-electron chi connectivity index (χ0n) is 10.7. The molecule has 1 atom stereocenters. The van der Waals surface area contributed by atoms with Crippen LogP contribution in [0.4, 0.5) is 0 Å². The number of hydrogen-bond acceptors (Lipinski definition) is 3. The monoisotopic (exact) mass is 300 g/mol. The van der Waals surface area contributed by atoms with Crippen LogP contribution in [0, 0.1) is 13.8 Å². The maximum absolute atomic E-state index is 5.58. The van der Waals surface area contributed by atoms with Gasteiger partial charge in [0.1, 0.15) is 0 Å². The van der Waals surface area contributed by atoms with Crippen LogP contribution < -0.4 is 11.3 Å². The normalized spacial score (nSPS) is 12.8. The summed E-state index contributed by atoms with van der Waals surface area (Å²) in [5.74, 6) is 5.58. The third-order valence-electron chi connectivity index (χ3n) is 2.70. The van der Waals surface area contributed by atoms with Crippen LogP contribution in [0.3, 0.4) is 0 Å². The lowest BCUT2D eigenvalue weighted by molar-refractivity contribution is 0.112. The van der Waals surface area contributed by atoms with E-state index < -0.39 is 0 Å². The second-order valence-electron chi connectivity index (χ2n) is 4.26. The summed E-state index contributed by atoms with van der Waals surface area (Å²) in [4.78, 5) is 0. The molecule has 17 heavy (non-hydrogen) atoms. The van der Waals surface area contributed by atoms with Crippen LogP contribution >= 0.6 is 15.9 Å². The summed E-state index contributed by atoms with van der Waals surface area (Å²) in [5.41, 5.74) is 6.42. The number of rotatable bonds is 6. The van der Waals surface area contributed by atoms with E-state index >= 15 is 0 Å². The van der Waals surface area contributed by atoms with E-state index in [9.17, 15) is 0 Å². The fraction of sp³-hybridized carbons (Fsp3) is 0.538. The first-order chi connectivity index (χ1) is 8.10. The SMILES string of the molecule is CCCOCC(NN)c1cc(C)c(Br)c(C)c1. The Kier molecular flexibility index (Phi) is 6.12. The summed E-state index contributed by atoms with van der Waals surface area (Å²) < 4.78 is 6.70. The van der Waals surface area contributed by atoms with Gasteiger partial charge in [0.25, 0.3) is 0 Å². The molecule has 0 heterocycles. The Labute approximate surface area is 112 Å². The van der Waals surface area contributed by atoms with Gasteiger partial charge in [-0.05, 0) is 37.0 Å². The van der Waals surface area contributed by atoms with E-state index in [4.69, 9.17) is 10.6 Å². The van der Waals surface area contributed by atoms with Gasteiger partial charge >= 0.3 is 0 Å². The Balaban J connectivity index is 2.81. The summed E-state index contributed by atoms with van der Waals surface area (Å²) in [7, 11) is 0. The Morgan fingerprint density at radius 1 is 1.35 bits per heavy atom. The highest BCUT2D eigenvalue weighted by molar-refractivity contribution is 9.10. The van der Waals surface area contributed by atoms with Gasteiger partial charge in [0.05, 0.1) is 12.6 Å². The van der Waals surface area contributed by atoms with Crippen LogP contribution in [0.25, 0.3) is 0 Å². The minimum atomic E-state index is 0.0482. The second-order valence-corrected chi connectivity index (χ2v) is 5.06. The molecule has 0 saturated carbocycles. The summed E-state index contributed by atoms with van der Waals surface area (Å²) in [6.45, 7) is 7.64. The molecule has 0 fully saturated rings. The average Bonchev–Trinajstić information content (AvgIpc) is 2.31. The molecule has 1 aromatic carbocycles. The van der Waals surface area contributed by atoms with Gasteiger partial charge in [0.2, 0.25) is 0 Å². The third kappa shape index (κ3) is 4.07. The summed E-state index contributed by atoms with van der Waals surface area (Å²) >= 11 is 3.57. The van der Waals surface area contributed by atoms with Gasteiger partial charge in [0.15, 0.2) is 0 Å². The molecule has 0 bridgehead atoms. The Bertz CT molecular complexity index is 345. The molecule has 4 heteroatoms. The second kappa shape index (κ2) is 7.11. The van der Waals surface area contributed by atoms with Gasteiger partial charge in [0, 0.05) is 11.1 Å². The number of hydrogen-bond donors (Lipinski definition) is 2. The van der Waals surface area contributed by atoms with Crippen molar-refractivity contribution in [3.63, 3.8) is 0 Å². The Hall–Kier alpha value is -0.420. The molecule has 0 amide bonds. The van der Waals surface area contributed by atoms with Gasteiger partial charge in [-0.3, -0.25) is 11.3 Å². The standard InChI is InChI=1S/C13H21BrN2O/c1-4-5-17-8-12(16-15)11-6-9(2)13(14)10(3)7-11/h6-7,12,16H,4-5,8,15H2,1-3H3. The molecular weight excluding hydrogens is 280 g/mol. The van der Waals surface area contributed by atoms with E-state index in [1.807, 2.05) is 0 Å². The highest BCUT2D eigenvalue weighted by atomic mass is 79.9. The molecule has 0 aliphatic heterocycles. The molecule has 0 saturated heterocycles. The Morgan fingerprint density at radius 2 is 1.94 bits per heavy atom.